The highest BCUT2D eigenvalue weighted by Gasteiger charge is 2.24. The lowest BCUT2D eigenvalue weighted by molar-refractivity contribution is 0.00128. The maximum Gasteiger partial charge on any atom is 0.118 e. The van der Waals surface area contributed by atoms with E-state index in [9.17, 15) is 0 Å². The van der Waals surface area contributed by atoms with Gasteiger partial charge in [-0.2, -0.15) is 0 Å². The summed E-state index contributed by atoms with van der Waals surface area (Å²) in [5.74, 6) is 0. The van der Waals surface area contributed by atoms with Gasteiger partial charge in [0.15, 0.2) is 0 Å². The van der Waals surface area contributed by atoms with Crippen molar-refractivity contribution in [1.29, 1.82) is 0 Å². The summed E-state index contributed by atoms with van der Waals surface area (Å²) in [6.07, 6.45) is 3.65. The number of hydrogen-bond donors (Lipinski definition) is 1. The molecular weight excluding hydrogens is 310 g/mol. The second kappa shape index (κ2) is 6.57. The van der Waals surface area contributed by atoms with Crippen LogP contribution in [-0.4, -0.2) is 32.6 Å². The number of ether oxygens (including phenoxy) is 1. The number of pyridine rings is 1. The van der Waals surface area contributed by atoms with Gasteiger partial charge in [0, 0.05) is 35.9 Å². The fourth-order valence-corrected chi connectivity index (χ4v) is 3.37. The van der Waals surface area contributed by atoms with Crippen molar-refractivity contribution in [1.82, 2.24) is 25.3 Å². The Kier molecular flexibility index (Phi) is 4.14. The van der Waals surface area contributed by atoms with Gasteiger partial charge in [0.2, 0.25) is 0 Å². The molecule has 1 aliphatic heterocycles. The first-order valence-corrected chi connectivity index (χ1v) is 8.45. The molecule has 0 radical (unpaired) electrons. The molecule has 118 valence electrons. The second-order valence-corrected chi connectivity index (χ2v) is 6.48. The van der Waals surface area contributed by atoms with Gasteiger partial charge < -0.3 is 10.1 Å². The fraction of sp³-hybridized carbons (Fsp3) is 0.312. The van der Waals surface area contributed by atoms with E-state index >= 15 is 0 Å². The van der Waals surface area contributed by atoms with Crippen molar-refractivity contribution in [3.05, 3.63) is 52.6 Å². The molecule has 1 N–H and O–H groups in total. The third-order valence-electron chi connectivity index (χ3n) is 3.88. The molecule has 23 heavy (non-hydrogen) atoms. The lowest BCUT2D eigenvalue weighted by Crippen LogP contribution is -2.36. The van der Waals surface area contributed by atoms with Crippen LogP contribution in [0.3, 0.4) is 0 Å². The summed E-state index contributed by atoms with van der Waals surface area (Å²) in [6.45, 7) is 2.95. The van der Waals surface area contributed by atoms with Crippen LogP contribution in [0.4, 0.5) is 0 Å². The zero-order valence-electron chi connectivity index (χ0n) is 12.6. The Hall–Kier alpha value is -2.09. The molecule has 0 fully saturated rings. The third-order valence-corrected chi connectivity index (χ3v) is 4.75. The van der Waals surface area contributed by atoms with E-state index in [0.29, 0.717) is 6.61 Å². The normalized spacial score (nSPS) is 17.1. The standard InChI is InChI=1S/C16H17N5OS/c1-2-14(23-7-1)9-18-8-13-10-21-15(11-22-13)16(19-20-21)12-3-5-17-6-4-12/h1-7,13,18H,8-11H2/t13-/m1/s1. The van der Waals surface area contributed by atoms with Crippen molar-refractivity contribution in [2.75, 3.05) is 6.54 Å². The Morgan fingerprint density at radius 1 is 1.30 bits per heavy atom. The number of thiophene rings is 1. The first-order chi connectivity index (χ1) is 11.4. The molecule has 4 heterocycles. The molecule has 0 aromatic carbocycles. The molecule has 3 aromatic rings. The maximum atomic E-state index is 5.97. The van der Waals surface area contributed by atoms with Gasteiger partial charge in [0.05, 0.1) is 24.9 Å². The fourth-order valence-electron chi connectivity index (χ4n) is 2.69. The zero-order valence-corrected chi connectivity index (χ0v) is 13.4. The van der Waals surface area contributed by atoms with Crippen LogP contribution in [0, 0.1) is 0 Å². The molecule has 0 amide bonds. The second-order valence-electron chi connectivity index (χ2n) is 5.45. The summed E-state index contributed by atoms with van der Waals surface area (Å²) in [4.78, 5) is 5.38. The summed E-state index contributed by atoms with van der Waals surface area (Å²) in [5.41, 5.74) is 2.95. The van der Waals surface area contributed by atoms with Crippen LogP contribution in [0.15, 0.2) is 42.0 Å². The number of nitrogens with one attached hydrogen (secondary N) is 1. The van der Waals surface area contributed by atoms with Crippen molar-refractivity contribution in [3.8, 4) is 11.3 Å². The van der Waals surface area contributed by atoms with Gasteiger partial charge in [-0.3, -0.25) is 4.98 Å². The summed E-state index contributed by atoms with van der Waals surface area (Å²) in [7, 11) is 0. The van der Waals surface area contributed by atoms with Crippen molar-refractivity contribution >= 4 is 11.3 Å². The predicted molar refractivity (Wildman–Crippen MR) is 87.9 cm³/mol. The van der Waals surface area contributed by atoms with E-state index in [1.54, 1.807) is 23.7 Å². The first-order valence-electron chi connectivity index (χ1n) is 7.57. The predicted octanol–water partition coefficient (Wildman–Crippen LogP) is 2.09. The average Bonchev–Trinajstić information content (AvgIpc) is 3.25. The van der Waals surface area contributed by atoms with Crippen molar-refractivity contribution < 1.29 is 4.74 Å². The minimum atomic E-state index is 0.120. The molecule has 0 saturated carbocycles. The van der Waals surface area contributed by atoms with Crippen molar-refractivity contribution in [2.24, 2.45) is 0 Å². The molecule has 1 aliphatic rings. The van der Waals surface area contributed by atoms with E-state index in [-0.39, 0.29) is 6.10 Å². The summed E-state index contributed by atoms with van der Waals surface area (Å²) in [6, 6.07) is 8.09. The molecule has 0 bridgehead atoms. The number of nitrogens with zero attached hydrogens (tertiary/aromatic N) is 4. The lowest BCUT2D eigenvalue weighted by Gasteiger charge is -2.24. The van der Waals surface area contributed by atoms with Gasteiger partial charge in [0.25, 0.3) is 0 Å². The SMILES string of the molecule is c1csc(CNC[C@@H]2Cn3nnc(-c4ccncc4)c3CO2)c1. The number of fused-ring (bicyclic) bond motifs is 1. The smallest absolute Gasteiger partial charge is 0.118 e. The van der Waals surface area contributed by atoms with Gasteiger partial charge in [-0.25, -0.2) is 4.68 Å². The molecular formula is C16H17N5OS. The minimum Gasteiger partial charge on any atom is -0.369 e. The number of aromatic nitrogens is 4. The number of hydrogen-bond acceptors (Lipinski definition) is 6. The van der Waals surface area contributed by atoms with E-state index in [1.165, 1.54) is 4.88 Å². The first kappa shape index (κ1) is 14.5. The van der Waals surface area contributed by atoms with Crippen LogP contribution in [0.25, 0.3) is 11.3 Å². The van der Waals surface area contributed by atoms with Crippen LogP contribution < -0.4 is 5.32 Å². The molecule has 3 aromatic heterocycles. The van der Waals surface area contributed by atoms with Gasteiger partial charge in [-0.15, -0.1) is 16.4 Å². The zero-order chi connectivity index (χ0) is 15.5. The molecule has 1 atom stereocenters. The molecule has 6 nitrogen and oxygen atoms in total. The largest absolute Gasteiger partial charge is 0.369 e. The number of rotatable bonds is 5. The molecule has 0 unspecified atom stereocenters. The monoisotopic (exact) mass is 327 g/mol. The summed E-state index contributed by atoms with van der Waals surface area (Å²) in [5, 5.41) is 14.1. The van der Waals surface area contributed by atoms with E-state index in [2.05, 4.69) is 38.1 Å². The van der Waals surface area contributed by atoms with Crippen molar-refractivity contribution in [3.63, 3.8) is 0 Å². The quantitative estimate of drug-likeness (QED) is 0.777. The lowest BCUT2D eigenvalue weighted by atomic mass is 10.1. The van der Waals surface area contributed by atoms with E-state index < -0.39 is 0 Å². The van der Waals surface area contributed by atoms with Gasteiger partial charge in [-0.05, 0) is 23.6 Å². The molecule has 0 aliphatic carbocycles. The van der Waals surface area contributed by atoms with Gasteiger partial charge in [-0.1, -0.05) is 11.3 Å². The maximum absolute atomic E-state index is 5.97. The van der Waals surface area contributed by atoms with Gasteiger partial charge in [0.1, 0.15) is 5.69 Å². The topological polar surface area (TPSA) is 64.9 Å². The molecule has 7 heteroatoms. The van der Waals surface area contributed by atoms with Crippen LogP contribution in [0.1, 0.15) is 10.6 Å². The highest BCUT2D eigenvalue weighted by Crippen LogP contribution is 2.24. The van der Waals surface area contributed by atoms with Crippen LogP contribution >= 0.6 is 11.3 Å². The van der Waals surface area contributed by atoms with E-state index in [0.717, 1.165) is 36.6 Å². The Bertz CT molecular complexity index is 756. The average molecular weight is 327 g/mol. The Morgan fingerprint density at radius 3 is 3.04 bits per heavy atom. The van der Waals surface area contributed by atoms with Crippen LogP contribution in [0.2, 0.25) is 0 Å². The molecule has 4 rings (SSSR count). The highest BCUT2D eigenvalue weighted by molar-refractivity contribution is 7.09. The van der Waals surface area contributed by atoms with E-state index in [4.69, 9.17) is 4.74 Å². The Labute approximate surface area is 138 Å². The summed E-state index contributed by atoms with van der Waals surface area (Å²) < 4.78 is 7.92. The minimum absolute atomic E-state index is 0.120. The highest BCUT2D eigenvalue weighted by atomic mass is 32.1. The van der Waals surface area contributed by atoms with Crippen LogP contribution in [0.5, 0.6) is 0 Å². The molecule has 0 spiro atoms. The van der Waals surface area contributed by atoms with Crippen molar-refractivity contribution in [2.45, 2.75) is 25.8 Å². The van der Waals surface area contributed by atoms with Crippen LogP contribution in [-0.2, 0) is 24.4 Å². The Morgan fingerprint density at radius 2 is 2.22 bits per heavy atom. The Balaban J connectivity index is 1.39. The van der Waals surface area contributed by atoms with E-state index in [1.807, 2.05) is 16.8 Å². The van der Waals surface area contributed by atoms with Gasteiger partial charge >= 0.3 is 0 Å². The third kappa shape index (κ3) is 3.17. The molecule has 0 saturated heterocycles. The summed E-state index contributed by atoms with van der Waals surface area (Å²) >= 11 is 1.76.